The van der Waals surface area contributed by atoms with Gasteiger partial charge in [0, 0.05) is 12.1 Å². The van der Waals surface area contributed by atoms with Gasteiger partial charge < -0.3 is 9.94 Å². The fourth-order valence-corrected chi connectivity index (χ4v) is 1.75. The number of rotatable bonds is 3. The molecule has 0 aliphatic carbocycles. The lowest BCUT2D eigenvalue weighted by atomic mass is 10.0. The van der Waals surface area contributed by atoms with E-state index in [1.165, 1.54) is 13.2 Å². The van der Waals surface area contributed by atoms with Gasteiger partial charge in [0.25, 0.3) is 0 Å². The highest BCUT2D eigenvalue weighted by atomic mass is 16.8. The largest absolute Gasteiger partial charge is 0.595 e. The molecule has 0 aromatic heterocycles. The summed E-state index contributed by atoms with van der Waals surface area (Å²) in [7, 11) is 1.33. The van der Waals surface area contributed by atoms with Crippen LogP contribution in [0.3, 0.4) is 0 Å². The second kappa shape index (κ2) is 5.62. The van der Waals surface area contributed by atoms with Gasteiger partial charge >= 0.3 is 5.97 Å². The molecule has 0 amide bonds. The van der Waals surface area contributed by atoms with Gasteiger partial charge in [0.15, 0.2) is 5.69 Å². The number of carbonyl (C=O) groups excluding carboxylic acids is 1. The molecule has 2 N–H and O–H groups in total. The molecule has 1 unspecified atom stereocenters. The standard InChI is InChI=1S/C14H13NO4/c1-19-14(16)11-7-5-10(6-8-11)12-3-2-4-13(9-12)15(17)18/h2-9,15,17H,1H3. The Morgan fingerprint density at radius 2 is 1.84 bits per heavy atom. The minimum Gasteiger partial charge on any atom is -0.595 e. The lowest BCUT2D eigenvalue weighted by Gasteiger charge is -2.12. The van der Waals surface area contributed by atoms with Crippen LogP contribution in [0, 0.1) is 5.21 Å². The Morgan fingerprint density at radius 1 is 1.16 bits per heavy atom. The Bertz CT molecular complexity index is 578. The molecule has 2 aromatic carbocycles. The van der Waals surface area contributed by atoms with Gasteiger partial charge in [0.05, 0.1) is 12.7 Å². The highest BCUT2D eigenvalue weighted by Gasteiger charge is 2.07. The number of hydrogen-bond acceptors (Lipinski definition) is 4. The molecule has 0 fully saturated rings. The quantitative estimate of drug-likeness (QED) is 0.647. The van der Waals surface area contributed by atoms with Gasteiger partial charge in [0.2, 0.25) is 0 Å². The van der Waals surface area contributed by atoms with E-state index < -0.39 is 11.2 Å². The predicted molar refractivity (Wildman–Crippen MR) is 69.0 cm³/mol. The third-order valence-electron chi connectivity index (χ3n) is 2.75. The number of hydrogen-bond donors (Lipinski definition) is 2. The molecule has 5 heteroatoms. The molecule has 0 heterocycles. The zero-order valence-electron chi connectivity index (χ0n) is 10.3. The Morgan fingerprint density at radius 3 is 2.42 bits per heavy atom. The van der Waals surface area contributed by atoms with Crippen LogP contribution in [0.15, 0.2) is 48.5 Å². The first kappa shape index (κ1) is 13.2. The minimum atomic E-state index is -0.965. The second-order valence-corrected chi connectivity index (χ2v) is 3.95. The van der Waals surface area contributed by atoms with Crippen LogP contribution < -0.4 is 5.23 Å². The Balaban J connectivity index is 2.32. The maximum Gasteiger partial charge on any atom is 0.337 e. The SMILES string of the molecule is COC(=O)c1ccc(-c2cccc([NH+]([O-])O)c2)cc1. The van der Waals surface area contributed by atoms with E-state index in [0.717, 1.165) is 11.1 Å². The lowest BCUT2D eigenvalue weighted by Crippen LogP contribution is -2.99. The molecule has 0 saturated carbocycles. The summed E-state index contributed by atoms with van der Waals surface area (Å²) in [6.45, 7) is 0. The van der Waals surface area contributed by atoms with E-state index in [2.05, 4.69) is 4.74 Å². The highest BCUT2D eigenvalue weighted by molar-refractivity contribution is 5.90. The van der Waals surface area contributed by atoms with Crippen molar-refractivity contribution in [1.82, 2.24) is 0 Å². The normalized spacial score (nSPS) is 11.9. The zero-order valence-corrected chi connectivity index (χ0v) is 10.3. The number of carbonyl (C=O) groups is 1. The number of esters is 1. The van der Waals surface area contributed by atoms with Crippen molar-refractivity contribution < 1.29 is 20.0 Å². The van der Waals surface area contributed by atoms with Crippen LogP contribution in [-0.4, -0.2) is 18.3 Å². The summed E-state index contributed by atoms with van der Waals surface area (Å²) in [5.41, 5.74) is 2.32. The van der Waals surface area contributed by atoms with Crippen molar-refractivity contribution in [2.24, 2.45) is 0 Å². The number of nitrogens with one attached hydrogen (secondary N) is 1. The summed E-state index contributed by atoms with van der Waals surface area (Å²) in [6, 6.07) is 13.4. The first-order valence-electron chi connectivity index (χ1n) is 5.64. The van der Waals surface area contributed by atoms with Crippen LogP contribution in [0.4, 0.5) is 5.69 Å². The smallest absolute Gasteiger partial charge is 0.337 e. The molecule has 98 valence electrons. The molecule has 0 aliphatic heterocycles. The summed E-state index contributed by atoms with van der Waals surface area (Å²) in [5.74, 6) is -0.397. The van der Waals surface area contributed by atoms with Crippen molar-refractivity contribution in [3.63, 3.8) is 0 Å². The summed E-state index contributed by atoms with van der Waals surface area (Å²) in [4.78, 5) is 11.3. The van der Waals surface area contributed by atoms with Crippen molar-refractivity contribution in [2.75, 3.05) is 7.11 Å². The lowest BCUT2D eigenvalue weighted by molar-refractivity contribution is -0.991. The molecule has 0 bridgehead atoms. The molecule has 2 aromatic rings. The van der Waals surface area contributed by atoms with Gasteiger partial charge in [-0.3, -0.25) is 0 Å². The first-order chi connectivity index (χ1) is 9.11. The molecule has 1 atom stereocenters. The third-order valence-corrected chi connectivity index (χ3v) is 2.75. The van der Waals surface area contributed by atoms with Crippen LogP contribution in [0.5, 0.6) is 0 Å². The van der Waals surface area contributed by atoms with Crippen molar-refractivity contribution in [1.29, 1.82) is 0 Å². The van der Waals surface area contributed by atoms with Crippen LogP contribution in [0.1, 0.15) is 10.4 Å². The summed E-state index contributed by atoms with van der Waals surface area (Å²) in [5, 5.41) is 18.9. The maximum atomic E-state index is 11.3. The average molecular weight is 259 g/mol. The summed E-state index contributed by atoms with van der Waals surface area (Å²) in [6.07, 6.45) is 0. The Hall–Kier alpha value is -2.21. The summed E-state index contributed by atoms with van der Waals surface area (Å²) >= 11 is 0. The van der Waals surface area contributed by atoms with E-state index >= 15 is 0 Å². The molecule has 0 saturated heterocycles. The average Bonchev–Trinajstić information content (AvgIpc) is 2.46. The van der Waals surface area contributed by atoms with Crippen molar-refractivity contribution >= 4 is 11.7 Å². The van der Waals surface area contributed by atoms with Gasteiger partial charge in [-0.05, 0) is 23.3 Å². The fraction of sp³-hybridized carbons (Fsp3) is 0.0714. The molecule has 0 spiro atoms. The van der Waals surface area contributed by atoms with E-state index in [9.17, 15) is 10.0 Å². The van der Waals surface area contributed by atoms with E-state index in [0.29, 0.717) is 5.56 Å². The van der Waals surface area contributed by atoms with Gasteiger partial charge in [-0.25, -0.2) is 10.0 Å². The van der Waals surface area contributed by atoms with E-state index in [4.69, 9.17) is 5.21 Å². The number of quaternary nitrogens is 1. The monoisotopic (exact) mass is 259 g/mol. The van der Waals surface area contributed by atoms with Gasteiger partial charge in [-0.15, -0.1) is 0 Å². The van der Waals surface area contributed by atoms with Gasteiger partial charge in [-0.1, -0.05) is 24.3 Å². The van der Waals surface area contributed by atoms with Crippen LogP contribution in [0.2, 0.25) is 0 Å². The second-order valence-electron chi connectivity index (χ2n) is 3.95. The minimum absolute atomic E-state index is 0.231. The Labute approximate surface area is 110 Å². The van der Waals surface area contributed by atoms with Crippen LogP contribution >= 0.6 is 0 Å². The first-order valence-corrected chi connectivity index (χ1v) is 5.64. The Kier molecular flexibility index (Phi) is 3.91. The molecule has 0 aliphatic rings. The third kappa shape index (κ3) is 2.97. The predicted octanol–water partition coefficient (Wildman–Crippen LogP) is 1.54. The van der Waals surface area contributed by atoms with E-state index in [1.54, 1.807) is 36.4 Å². The molecule has 19 heavy (non-hydrogen) atoms. The zero-order chi connectivity index (χ0) is 13.8. The molecule has 5 nitrogen and oxygen atoms in total. The van der Waals surface area contributed by atoms with Gasteiger partial charge in [0.1, 0.15) is 0 Å². The van der Waals surface area contributed by atoms with Crippen LogP contribution in [0.25, 0.3) is 11.1 Å². The fourth-order valence-electron chi connectivity index (χ4n) is 1.75. The van der Waals surface area contributed by atoms with Crippen molar-refractivity contribution in [3.8, 4) is 11.1 Å². The topological polar surface area (TPSA) is 74.0 Å². The van der Waals surface area contributed by atoms with Crippen LogP contribution in [-0.2, 0) is 4.74 Å². The maximum absolute atomic E-state index is 11.3. The molecular formula is C14H13NO4. The van der Waals surface area contributed by atoms with E-state index in [-0.39, 0.29) is 5.69 Å². The highest BCUT2D eigenvalue weighted by Crippen LogP contribution is 2.21. The van der Waals surface area contributed by atoms with E-state index in [1.807, 2.05) is 6.07 Å². The van der Waals surface area contributed by atoms with Gasteiger partial charge in [-0.2, -0.15) is 5.23 Å². The number of benzene rings is 2. The number of ether oxygens (including phenoxy) is 1. The molecule has 2 rings (SSSR count). The van der Waals surface area contributed by atoms with Crippen molar-refractivity contribution in [2.45, 2.75) is 0 Å². The van der Waals surface area contributed by atoms with Crippen molar-refractivity contribution in [3.05, 3.63) is 59.3 Å². The summed E-state index contributed by atoms with van der Waals surface area (Å²) < 4.78 is 4.62. The number of methoxy groups -OCH3 is 1. The molecule has 0 radical (unpaired) electrons. The molecular weight excluding hydrogens is 246 g/mol.